The summed E-state index contributed by atoms with van der Waals surface area (Å²) >= 11 is 0. The number of carbonyl (C=O) groups excluding carboxylic acids is 1. The number of rotatable bonds is 5. The summed E-state index contributed by atoms with van der Waals surface area (Å²) in [5.74, 6) is 0.521. The van der Waals surface area contributed by atoms with Crippen LogP contribution in [0.5, 0.6) is 0 Å². The lowest BCUT2D eigenvalue weighted by Gasteiger charge is -2.34. The van der Waals surface area contributed by atoms with Crippen molar-refractivity contribution in [2.45, 2.75) is 17.6 Å². The van der Waals surface area contributed by atoms with Gasteiger partial charge in [0.1, 0.15) is 12.7 Å². The van der Waals surface area contributed by atoms with Crippen LogP contribution in [0.2, 0.25) is 0 Å². The minimum absolute atomic E-state index is 0.0217. The molecule has 0 atom stereocenters. The highest BCUT2D eigenvalue weighted by atomic mass is 32.2. The molecule has 0 spiro atoms. The monoisotopic (exact) mass is 495 g/mol. The zero-order chi connectivity index (χ0) is 24.3. The molecule has 1 saturated heterocycles. The summed E-state index contributed by atoms with van der Waals surface area (Å²) in [4.78, 5) is 22.0. The molecule has 1 aromatic carbocycles. The molecule has 0 bridgehead atoms. The van der Waals surface area contributed by atoms with Gasteiger partial charge in [0, 0.05) is 44.5 Å². The molecule has 10 nitrogen and oxygen atoms in total. The van der Waals surface area contributed by atoms with Crippen molar-refractivity contribution in [2.75, 3.05) is 26.2 Å². The average Bonchev–Trinajstić information content (AvgIpc) is 3.37. The molecule has 180 valence electrons. The highest BCUT2D eigenvalue weighted by Gasteiger charge is 2.33. The van der Waals surface area contributed by atoms with E-state index in [1.165, 1.54) is 22.2 Å². The first-order chi connectivity index (χ1) is 16.2. The Bertz CT molecular complexity index is 1240. The fourth-order valence-electron chi connectivity index (χ4n) is 3.47. The molecule has 2 aromatic heterocycles. The van der Waals surface area contributed by atoms with Crippen molar-refractivity contribution in [1.29, 1.82) is 0 Å². The van der Waals surface area contributed by atoms with Crippen molar-refractivity contribution in [3.05, 3.63) is 66.4 Å². The maximum atomic E-state index is 12.8. The first-order valence-electron chi connectivity index (χ1n) is 10.2. The van der Waals surface area contributed by atoms with Crippen LogP contribution in [-0.4, -0.2) is 69.6 Å². The van der Waals surface area contributed by atoms with E-state index < -0.39 is 21.8 Å². The fraction of sp³-hybridized carbons (Fsp3) is 0.300. The number of piperazine rings is 1. The number of nitrogens with zero attached hydrogens (tertiary/aromatic N) is 6. The van der Waals surface area contributed by atoms with Crippen molar-refractivity contribution in [1.82, 2.24) is 34.3 Å². The molecule has 3 aromatic rings. The minimum atomic E-state index is -4.55. The Labute approximate surface area is 193 Å². The lowest BCUT2D eigenvalue weighted by Crippen LogP contribution is -2.53. The molecule has 3 heterocycles. The quantitative estimate of drug-likeness (QED) is 0.579. The molecular formula is C20H20F3N7O3S. The normalized spacial score (nSPS) is 15.3. The van der Waals surface area contributed by atoms with Crippen molar-refractivity contribution in [3.8, 4) is 5.82 Å². The lowest BCUT2D eigenvalue weighted by molar-refractivity contribution is -0.137. The van der Waals surface area contributed by atoms with Gasteiger partial charge in [0.05, 0.1) is 10.5 Å². The number of sulfonamides is 1. The van der Waals surface area contributed by atoms with E-state index in [1.54, 1.807) is 18.3 Å². The topological polar surface area (TPSA) is 113 Å². The first-order valence-corrected chi connectivity index (χ1v) is 11.6. The maximum absolute atomic E-state index is 12.8. The second-order valence-corrected chi connectivity index (χ2v) is 9.34. The molecule has 0 aliphatic carbocycles. The molecule has 34 heavy (non-hydrogen) atoms. The predicted octanol–water partition coefficient (Wildman–Crippen LogP) is 1.90. The van der Waals surface area contributed by atoms with Gasteiger partial charge in [-0.2, -0.15) is 22.6 Å². The predicted molar refractivity (Wildman–Crippen MR) is 113 cm³/mol. The van der Waals surface area contributed by atoms with E-state index in [9.17, 15) is 26.4 Å². The second-order valence-electron chi connectivity index (χ2n) is 7.40. The van der Waals surface area contributed by atoms with E-state index in [-0.39, 0.29) is 43.7 Å². The molecule has 0 unspecified atom stereocenters. The summed E-state index contributed by atoms with van der Waals surface area (Å²) in [5.41, 5.74) is -0.210. The standard InChI is InChI=1S/C20H20F3N7O3S/c21-20(22,23)16-3-5-17(6-4-16)34(32,33)29-10-8-28(9-11-29)19(31)26-12-15-2-1-7-25-18(15)30-14-24-13-27-30/h1-7,13-14H,8-12H2,(H,26,31). The Hall–Kier alpha value is -3.52. The van der Waals surface area contributed by atoms with Crippen LogP contribution in [0.1, 0.15) is 11.1 Å². The number of pyridine rings is 1. The van der Waals surface area contributed by atoms with Gasteiger partial charge in [-0.25, -0.2) is 27.9 Å². The van der Waals surface area contributed by atoms with Crippen LogP contribution in [0.4, 0.5) is 18.0 Å². The number of benzene rings is 1. The second kappa shape index (κ2) is 9.38. The van der Waals surface area contributed by atoms with Crippen molar-refractivity contribution in [2.24, 2.45) is 0 Å². The third kappa shape index (κ3) is 5.02. The van der Waals surface area contributed by atoms with E-state index in [1.807, 2.05) is 0 Å². The zero-order valence-electron chi connectivity index (χ0n) is 17.7. The molecule has 0 radical (unpaired) electrons. The van der Waals surface area contributed by atoms with Crippen LogP contribution in [0, 0.1) is 0 Å². The number of nitrogens with one attached hydrogen (secondary N) is 1. The van der Waals surface area contributed by atoms with Gasteiger partial charge in [-0.15, -0.1) is 0 Å². The average molecular weight is 495 g/mol. The van der Waals surface area contributed by atoms with E-state index in [0.29, 0.717) is 11.4 Å². The summed E-state index contributed by atoms with van der Waals surface area (Å²) in [7, 11) is -3.98. The molecule has 1 aliphatic rings. The number of carbonyl (C=O) groups is 1. The maximum Gasteiger partial charge on any atom is 0.416 e. The van der Waals surface area contributed by atoms with Crippen molar-refractivity contribution in [3.63, 3.8) is 0 Å². The minimum Gasteiger partial charge on any atom is -0.334 e. The Morgan fingerprint density at radius 1 is 1.06 bits per heavy atom. The van der Waals surface area contributed by atoms with Crippen LogP contribution in [-0.2, 0) is 22.7 Å². The van der Waals surface area contributed by atoms with Gasteiger partial charge in [0.15, 0.2) is 5.82 Å². The Morgan fingerprint density at radius 3 is 2.38 bits per heavy atom. The number of hydrogen-bond acceptors (Lipinski definition) is 6. The lowest BCUT2D eigenvalue weighted by atomic mass is 10.2. The van der Waals surface area contributed by atoms with E-state index in [4.69, 9.17) is 0 Å². The molecule has 4 rings (SSSR count). The van der Waals surface area contributed by atoms with Gasteiger partial charge in [0.25, 0.3) is 0 Å². The summed E-state index contributed by atoms with van der Waals surface area (Å²) in [5, 5.41) is 6.83. The SMILES string of the molecule is O=C(NCc1cccnc1-n1cncn1)N1CCN(S(=O)(=O)c2ccc(C(F)(F)F)cc2)CC1. The van der Waals surface area contributed by atoms with Gasteiger partial charge in [-0.05, 0) is 30.3 Å². The number of alkyl halides is 3. The molecule has 1 fully saturated rings. The third-order valence-electron chi connectivity index (χ3n) is 5.28. The summed E-state index contributed by atoms with van der Waals surface area (Å²) < 4.78 is 66.4. The molecule has 1 N–H and O–H groups in total. The smallest absolute Gasteiger partial charge is 0.334 e. The molecular weight excluding hydrogens is 475 g/mol. The number of hydrogen-bond donors (Lipinski definition) is 1. The number of urea groups is 1. The van der Waals surface area contributed by atoms with Crippen LogP contribution in [0.3, 0.4) is 0 Å². The Balaban J connectivity index is 1.34. The van der Waals surface area contributed by atoms with Gasteiger partial charge in [-0.3, -0.25) is 0 Å². The number of halogens is 3. The molecule has 14 heteroatoms. The molecule has 2 amide bonds. The highest BCUT2D eigenvalue weighted by Crippen LogP contribution is 2.30. The summed E-state index contributed by atoms with van der Waals surface area (Å²) in [6, 6.07) is 6.51. The molecule has 0 saturated carbocycles. The van der Waals surface area contributed by atoms with Gasteiger partial charge in [-0.1, -0.05) is 6.07 Å². The van der Waals surface area contributed by atoms with Crippen LogP contribution >= 0.6 is 0 Å². The highest BCUT2D eigenvalue weighted by molar-refractivity contribution is 7.89. The van der Waals surface area contributed by atoms with Crippen LogP contribution in [0.25, 0.3) is 5.82 Å². The van der Waals surface area contributed by atoms with Crippen molar-refractivity contribution < 1.29 is 26.4 Å². The van der Waals surface area contributed by atoms with Crippen molar-refractivity contribution >= 4 is 16.1 Å². The third-order valence-corrected chi connectivity index (χ3v) is 7.19. The Morgan fingerprint density at radius 2 is 1.76 bits per heavy atom. The summed E-state index contributed by atoms with van der Waals surface area (Å²) in [6.45, 7) is 0.483. The largest absolute Gasteiger partial charge is 0.416 e. The molecule has 1 aliphatic heterocycles. The van der Waals surface area contributed by atoms with Gasteiger partial charge >= 0.3 is 12.2 Å². The zero-order valence-corrected chi connectivity index (χ0v) is 18.5. The fourth-order valence-corrected chi connectivity index (χ4v) is 4.89. The van der Waals surface area contributed by atoms with Crippen LogP contribution in [0.15, 0.2) is 60.1 Å². The van der Waals surface area contributed by atoms with Gasteiger partial charge < -0.3 is 10.2 Å². The van der Waals surface area contributed by atoms with E-state index in [0.717, 1.165) is 28.6 Å². The number of amides is 2. The van der Waals surface area contributed by atoms with Crippen LogP contribution < -0.4 is 5.32 Å². The van der Waals surface area contributed by atoms with E-state index >= 15 is 0 Å². The summed E-state index contributed by atoms with van der Waals surface area (Å²) in [6.07, 6.45) is -0.0922. The first kappa shape index (κ1) is 23.6. The Kier molecular flexibility index (Phi) is 6.52. The van der Waals surface area contributed by atoms with E-state index in [2.05, 4.69) is 20.4 Å². The van der Waals surface area contributed by atoms with Gasteiger partial charge in [0.2, 0.25) is 10.0 Å². The number of aromatic nitrogens is 4.